The predicted octanol–water partition coefficient (Wildman–Crippen LogP) is -0.229. The van der Waals surface area contributed by atoms with E-state index in [0.29, 0.717) is 12.6 Å². The highest BCUT2D eigenvalue weighted by atomic mass is 32.2. The minimum atomic E-state index is -3.08. The van der Waals surface area contributed by atoms with E-state index in [9.17, 15) is 13.5 Å². The van der Waals surface area contributed by atoms with Crippen molar-refractivity contribution in [1.29, 1.82) is 0 Å². The highest BCUT2D eigenvalue weighted by molar-refractivity contribution is 7.88. The fourth-order valence-electron chi connectivity index (χ4n) is 2.22. The normalized spacial score (nSPS) is 24.8. The Morgan fingerprint density at radius 3 is 2.81 bits per heavy atom. The average molecular weight is 250 g/mol. The van der Waals surface area contributed by atoms with E-state index in [2.05, 4.69) is 9.62 Å². The summed E-state index contributed by atoms with van der Waals surface area (Å²) in [6, 6.07) is 0.404. The molecule has 0 unspecified atom stereocenters. The first kappa shape index (κ1) is 13.9. The molecule has 0 saturated carbocycles. The molecule has 0 aromatic carbocycles. The lowest BCUT2D eigenvalue weighted by Gasteiger charge is -2.25. The molecule has 96 valence electrons. The van der Waals surface area contributed by atoms with Gasteiger partial charge in [-0.2, -0.15) is 0 Å². The Kier molecular flexibility index (Phi) is 5.17. The van der Waals surface area contributed by atoms with Crippen molar-refractivity contribution in [2.45, 2.75) is 38.3 Å². The van der Waals surface area contributed by atoms with E-state index in [-0.39, 0.29) is 6.10 Å². The molecule has 1 fully saturated rings. The van der Waals surface area contributed by atoms with Crippen LogP contribution in [0.5, 0.6) is 0 Å². The number of aliphatic hydroxyl groups excluding tert-OH is 1. The van der Waals surface area contributed by atoms with Crippen LogP contribution < -0.4 is 4.72 Å². The largest absolute Gasteiger partial charge is 0.393 e. The molecular weight excluding hydrogens is 228 g/mol. The van der Waals surface area contributed by atoms with Gasteiger partial charge in [0.2, 0.25) is 10.0 Å². The standard InChI is InChI=1S/C10H22N2O3S/c1-9(13)8-10-4-3-6-12(10)7-5-11-16(2,14)15/h9-11,13H,3-8H2,1-2H3/t9-,10-/m1/s1. The van der Waals surface area contributed by atoms with Crippen LogP contribution in [0.3, 0.4) is 0 Å². The number of hydrogen-bond donors (Lipinski definition) is 2. The van der Waals surface area contributed by atoms with Crippen molar-refractivity contribution in [2.24, 2.45) is 0 Å². The lowest BCUT2D eigenvalue weighted by molar-refractivity contribution is 0.135. The van der Waals surface area contributed by atoms with Crippen LogP contribution in [0, 0.1) is 0 Å². The topological polar surface area (TPSA) is 69.6 Å². The molecule has 1 saturated heterocycles. The van der Waals surface area contributed by atoms with Gasteiger partial charge in [-0.1, -0.05) is 0 Å². The molecule has 1 aliphatic heterocycles. The second kappa shape index (κ2) is 5.95. The third-order valence-electron chi connectivity index (χ3n) is 2.88. The summed E-state index contributed by atoms with van der Waals surface area (Å²) in [7, 11) is -3.08. The maximum atomic E-state index is 10.9. The predicted molar refractivity (Wildman–Crippen MR) is 63.7 cm³/mol. The van der Waals surface area contributed by atoms with E-state index < -0.39 is 10.0 Å². The van der Waals surface area contributed by atoms with E-state index in [1.165, 1.54) is 6.26 Å². The summed E-state index contributed by atoms with van der Waals surface area (Å²) in [5.74, 6) is 0. The third kappa shape index (κ3) is 5.25. The van der Waals surface area contributed by atoms with Gasteiger partial charge in [-0.05, 0) is 32.7 Å². The number of aliphatic hydroxyl groups is 1. The lowest BCUT2D eigenvalue weighted by atomic mass is 10.1. The summed E-state index contributed by atoms with van der Waals surface area (Å²) < 4.78 is 24.3. The van der Waals surface area contributed by atoms with Crippen LogP contribution in [0.4, 0.5) is 0 Å². The average Bonchev–Trinajstić information content (AvgIpc) is 2.49. The smallest absolute Gasteiger partial charge is 0.208 e. The molecule has 2 atom stereocenters. The van der Waals surface area contributed by atoms with Gasteiger partial charge in [0.05, 0.1) is 12.4 Å². The maximum absolute atomic E-state index is 10.9. The summed E-state index contributed by atoms with van der Waals surface area (Å²) in [6.45, 7) is 3.98. The molecule has 16 heavy (non-hydrogen) atoms. The molecule has 5 nitrogen and oxygen atoms in total. The fourth-order valence-corrected chi connectivity index (χ4v) is 2.69. The monoisotopic (exact) mass is 250 g/mol. The number of likely N-dealkylation sites (tertiary alicyclic amines) is 1. The molecule has 6 heteroatoms. The van der Waals surface area contributed by atoms with Gasteiger partial charge in [-0.15, -0.1) is 0 Å². The Hall–Kier alpha value is -0.170. The van der Waals surface area contributed by atoms with E-state index in [1.54, 1.807) is 6.92 Å². The van der Waals surface area contributed by atoms with Crippen molar-refractivity contribution in [3.8, 4) is 0 Å². The van der Waals surface area contributed by atoms with Crippen LogP contribution in [0.1, 0.15) is 26.2 Å². The molecule has 1 aliphatic rings. The van der Waals surface area contributed by atoms with Crippen LogP contribution >= 0.6 is 0 Å². The SMILES string of the molecule is C[C@@H](O)C[C@H]1CCCN1CCNS(C)(=O)=O. The van der Waals surface area contributed by atoms with Crippen LogP contribution in [-0.4, -0.2) is 56.5 Å². The van der Waals surface area contributed by atoms with E-state index in [4.69, 9.17) is 0 Å². The number of rotatable bonds is 6. The summed E-state index contributed by atoms with van der Waals surface area (Å²) in [4.78, 5) is 2.25. The number of nitrogens with zero attached hydrogens (tertiary/aromatic N) is 1. The van der Waals surface area contributed by atoms with Crippen LogP contribution in [0.25, 0.3) is 0 Å². The summed E-state index contributed by atoms with van der Waals surface area (Å²) in [6.07, 6.45) is 3.90. The third-order valence-corrected chi connectivity index (χ3v) is 3.60. The summed E-state index contributed by atoms with van der Waals surface area (Å²) >= 11 is 0. The van der Waals surface area contributed by atoms with Gasteiger partial charge in [0.1, 0.15) is 0 Å². The Balaban J connectivity index is 2.30. The molecule has 0 aliphatic carbocycles. The molecule has 0 aromatic rings. The van der Waals surface area contributed by atoms with Gasteiger partial charge in [0.25, 0.3) is 0 Å². The zero-order valence-electron chi connectivity index (χ0n) is 10.0. The van der Waals surface area contributed by atoms with Crippen molar-refractivity contribution in [1.82, 2.24) is 9.62 Å². The zero-order valence-corrected chi connectivity index (χ0v) is 10.8. The second-order valence-electron chi connectivity index (χ2n) is 4.58. The molecule has 1 rings (SSSR count). The first-order valence-corrected chi connectivity index (χ1v) is 7.64. The maximum Gasteiger partial charge on any atom is 0.208 e. The number of sulfonamides is 1. The Labute approximate surface area is 97.9 Å². The molecule has 1 heterocycles. The fraction of sp³-hybridized carbons (Fsp3) is 1.00. The van der Waals surface area contributed by atoms with Gasteiger partial charge in [0.15, 0.2) is 0 Å². The minimum Gasteiger partial charge on any atom is -0.393 e. The van der Waals surface area contributed by atoms with Gasteiger partial charge < -0.3 is 5.11 Å². The minimum absolute atomic E-state index is 0.284. The van der Waals surface area contributed by atoms with Crippen molar-refractivity contribution in [3.63, 3.8) is 0 Å². The highest BCUT2D eigenvalue weighted by Crippen LogP contribution is 2.20. The number of nitrogens with one attached hydrogen (secondary N) is 1. The molecule has 0 amide bonds. The van der Waals surface area contributed by atoms with Crippen molar-refractivity contribution >= 4 is 10.0 Å². The molecule has 0 radical (unpaired) electrons. The first-order chi connectivity index (χ1) is 7.38. The van der Waals surface area contributed by atoms with Crippen molar-refractivity contribution in [3.05, 3.63) is 0 Å². The van der Waals surface area contributed by atoms with Crippen molar-refractivity contribution < 1.29 is 13.5 Å². The molecule has 0 aromatic heterocycles. The van der Waals surface area contributed by atoms with Gasteiger partial charge in [0, 0.05) is 19.1 Å². The Morgan fingerprint density at radius 1 is 1.56 bits per heavy atom. The van der Waals surface area contributed by atoms with E-state index in [0.717, 1.165) is 32.4 Å². The zero-order chi connectivity index (χ0) is 12.2. The van der Waals surface area contributed by atoms with Crippen LogP contribution in [-0.2, 0) is 10.0 Å². The Bertz CT molecular complexity index is 303. The lowest BCUT2D eigenvalue weighted by Crippen LogP contribution is -2.38. The van der Waals surface area contributed by atoms with E-state index >= 15 is 0 Å². The van der Waals surface area contributed by atoms with E-state index in [1.807, 2.05) is 0 Å². The Morgan fingerprint density at radius 2 is 2.25 bits per heavy atom. The van der Waals surface area contributed by atoms with Crippen LogP contribution in [0.2, 0.25) is 0 Å². The summed E-state index contributed by atoms with van der Waals surface area (Å²) in [5.41, 5.74) is 0. The number of hydrogen-bond acceptors (Lipinski definition) is 4. The first-order valence-electron chi connectivity index (χ1n) is 5.75. The van der Waals surface area contributed by atoms with Crippen LogP contribution in [0.15, 0.2) is 0 Å². The van der Waals surface area contributed by atoms with Gasteiger partial charge in [-0.25, -0.2) is 13.1 Å². The summed E-state index contributed by atoms with van der Waals surface area (Å²) in [5, 5.41) is 9.35. The molecule has 0 spiro atoms. The highest BCUT2D eigenvalue weighted by Gasteiger charge is 2.25. The second-order valence-corrected chi connectivity index (χ2v) is 6.42. The van der Waals surface area contributed by atoms with Gasteiger partial charge >= 0.3 is 0 Å². The molecule has 0 bridgehead atoms. The van der Waals surface area contributed by atoms with Gasteiger partial charge in [-0.3, -0.25) is 4.90 Å². The van der Waals surface area contributed by atoms with Crippen molar-refractivity contribution in [2.75, 3.05) is 25.9 Å². The molecular formula is C10H22N2O3S. The molecule has 2 N–H and O–H groups in total. The quantitative estimate of drug-likeness (QED) is 0.683.